The lowest BCUT2D eigenvalue weighted by Crippen LogP contribution is -2.32. The first kappa shape index (κ1) is 32.0. The molecule has 0 bridgehead atoms. The van der Waals surface area contributed by atoms with Gasteiger partial charge in [0.25, 0.3) is 0 Å². The third-order valence-electron chi connectivity index (χ3n) is 8.76. The highest BCUT2D eigenvalue weighted by Crippen LogP contribution is 2.40. The lowest BCUT2D eigenvalue weighted by Gasteiger charge is -2.31. The molecule has 0 radical (unpaired) electrons. The summed E-state index contributed by atoms with van der Waals surface area (Å²) >= 11 is 0. The second-order valence-corrected chi connectivity index (χ2v) is 12.5. The van der Waals surface area contributed by atoms with Crippen molar-refractivity contribution in [3.05, 3.63) is 86.5 Å². The topological polar surface area (TPSA) is 65.4 Å². The van der Waals surface area contributed by atoms with Gasteiger partial charge in [-0.3, -0.25) is 4.98 Å². The average Bonchev–Trinajstić information content (AvgIpc) is 3.94. The fourth-order valence-corrected chi connectivity index (χ4v) is 6.07. The van der Waals surface area contributed by atoms with E-state index < -0.39 is 29.2 Å². The highest BCUT2D eigenvalue weighted by Gasteiger charge is 2.37. The number of halogens is 6. The zero-order valence-corrected chi connectivity index (χ0v) is 25.7. The van der Waals surface area contributed by atoms with Crippen molar-refractivity contribution in [2.75, 3.05) is 22.9 Å². The molecule has 0 unspecified atom stereocenters. The van der Waals surface area contributed by atoms with Crippen molar-refractivity contribution in [1.29, 1.82) is 0 Å². The molecule has 2 aromatic carbocycles. The molecule has 0 amide bonds. The van der Waals surface area contributed by atoms with Gasteiger partial charge in [0, 0.05) is 37.4 Å². The Morgan fingerprint density at radius 2 is 1.46 bits per heavy atom. The molecule has 4 aromatic rings. The van der Waals surface area contributed by atoms with Crippen LogP contribution in [0.5, 0.6) is 0 Å². The van der Waals surface area contributed by atoms with E-state index in [4.69, 9.17) is 9.40 Å². The van der Waals surface area contributed by atoms with Crippen LogP contribution in [0.3, 0.4) is 0 Å². The van der Waals surface area contributed by atoms with Crippen molar-refractivity contribution in [2.45, 2.75) is 77.8 Å². The van der Waals surface area contributed by atoms with Crippen LogP contribution < -0.4 is 15.6 Å². The maximum Gasteiger partial charge on any atom is 0.417 e. The molecule has 1 N–H and O–H groups in total. The average molecular weight is 647 g/mol. The van der Waals surface area contributed by atoms with Gasteiger partial charge in [0.05, 0.1) is 22.3 Å². The van der Waals surface area contributed by atoms with Crippen LogP contribution in [0.1, 0.15) is 73.0 Å². The van der Waals surface area contributed by atoms with Crippen molar-refractivity contribution in [3.8, 4) is 0 Å². The lowest BCUT2D eigenvalue weighted by molar-refractivity contribution is -0.143. The van der Waals surface area contributed by atoms with Crippen LogP contribution in [0.2, 0.25) is 0 Å². The number of fused-ring (bicyclic) bond motifs is 1. The first-order chi connectivity index (χ1) is 21.8. The largest absolute Gasteiger partial charge is 0.417 e. The summed E-state index contributed by atoms with van der Waals surface area (Å²) in [5, 5.41) is 0. The Kier molecular flexibility index (Phi) is 8.58. The van der Waals surface area contributed by atoms with Crippen LogP contribution in [0.4, 0.5) is 37.8 Å². The number of oxazole rings is 1. The Labute approximate surface area is 262 Å². The molecule has 0 saturated heterocycles. The molecule has 0 atom stereocenters. The summed E-state index contributed by atoms with van der Waals surface area (Å²) in [4.78, 5) is 23.9. The van der Waals surface area contributed by atoms with Gasteiger partial charge in [0.1, 0.15) is 5.82 Å². The molecule has 6 nitrogen and oxygen atoms in total. The van der Waals surface area contributed by atoms with Gasteiger partial charge in [-0.05, 0) is 97.9 Å². The number of benzene rings is 2. The molecular formula is C34H36F6N4O2. The number of hydrogen-bond acceptors (Lipinski definition) is 5. The molecule has 2 aliphatic carbocycles. The number of aromatic nitrogens is 2. The number of alkyl halides is 6. The summed E-state index contributed by atoms with van der Waals surface area (Å²) in [7, 11) is 0. The molecule has 2 aromatic heterocycles. The number of rotatable bonds is 12. The molecule has 0 spiro atoms. The molecule has 12 heteroatoms. The third kappa shape index (κ3) is 7.20. The summed E-state index contributed by atoms with van der Waals surface area (Å²) in [6, 6.07) is 8.63. The smallest absolute Gasteiger partial charge is 0.406 e. The third-order valence-corrected chi connectivity index (χ3v) is 8.76. The van der Waals surface area contributed by atoms with Crippen molar-refractivity contribution < 1.29 is 30.8 Å². The predicted octanol–water partition coefficient (Wildman–Crippen LogP) is 8.51. The Morgan fingerprint density at radius 1 is 0.826 bits per heavy atom. The minimum Gasteiger partial charge on any atom is -0.406 e. The number of hydrogen-bond donors (Lipinski definition) is 1. The van der Waals surface area contributed by atoms with Gasteiger partial charge in [0.15, 0.2) is 5.58 Å². The molecular weight excluding hydrogens is 610 g/mol. The van der Waals surface area contributed by atoms with Crippen molar-refractivity contribution in [2.24, 2.45) is 11.8 Å². The minimum atomic E-state index is -4.98. The van der Waals surface area contributed by atoms with Gasteiger partial charge in [-0.2, -0.15) is 26.3 Å². The molecule has 6 rings (SSSR count). The van der Waals surface area contributed by atoms with E-state index in [0.29, 0.717) is 29.5 Å². The van der Waals surface area contributed by atoms with E-state index in [9.17, 15) is 31.1 Å². The van der Waals surface area contributed by atoms with E-state index in [0.717, 1.165) is 80.0 Å². The van der Waals surface area contributed by atoms with Crippen molar-refractivity contribution in [1.82, 2.24) is 9.97 Å². The van der Waals surface area contributed by atoms with Crippen LogP contribution in [-0.2, 0) is 38.3 Å². The van der Waals surface area contributed by atoms with Crippen LogP contribution >= 0.6 is 0 Å². The SMILES string of the molecule is CCc1cc(CN(Cc2cc(C(F)(F)F)cc(C(F)(F)F)c2)c2cccc3[nH]c(=O)oc23)c(N(CC2CC2)CC2CC2)nc1CC. The number of H-pyrrole nitrogens is 1. The van der Waals surface area contributed by atoms with E-state index >= 15 is 0 Å². The van der Waals surface area contributed by atoms with E-state index in [1.54, 1.807) is 23.1 Å². The molecule has 2 aliphatic rings. The molecule has 2 saturated carbocycles. The van der Waals surface area contributed by atoms with Gasteiger partial charge in [0.2, 0.25) is 0 Å². The maximum atomic E-state index is 13.8. The Morgan fingerprint density at radius 3 is 2.00 bits per heavy atom. The molecule has 0 aliphatic heterocycles. The fourth-order valence-electron chi connectivity index (χ4n) is 6.07. The second kappa shape index (κ2) is 12.3. The van der Waals surface area contributed by atoms with Gasteiger partial charge < -0.3 is 14.2 Å². The highest BCUT2D eigenvalue weighted by atomic mass is 19.4. The quantitative estimate of drug-likeness (QED) is 0.156. The van der Waals surface area contributed by atoms with E-state index in [-0.39, 0.29) is 30.3 Å². The molecule has 2 heterocycles. The first-order valence-electron chi connectivity index (χ1n) is 15.7. The molecule has 246 valence electrons. The minimum absolute atomic E-state index is 0.108. The zero-order chi connectivity index (χ0) is 32.8. The number of nitrogens with one attached hydrogen (secondary N) is 1. The molecule has 2 fully saturated rings. The Bertz CT molecular complexity index is 1720. The standard InChI is InChI=1S/C34H36F6N4O2/c1-3-23-14-24(31(41-27(23)4-2)44(16-20-8-9-20)17-21-10-11-21)19-43(29-7-5-6-28-30(29)46-32(45)42-28)18-22-12-25(33(35,36)37)15-26(13-22)34(38,39)40/h5-7,12-15,20-21H,3-4,8-11,16-19H2,1-2H3,(H,42,45). The van der Waals surface area contributed by atoms with Crippen LogP contribution in [0.15, 0.2) is 51.7 Å². The Hall–Kier alpha value is -3.96. The van der Waals surface area contributed by atoms with Gasteiger partial charge in [-0.15, -0.1) is 0 Å². The number of anilines is 2. The zero-order valence-electron chi connectivity index (χ0n) is 25.7. The summed E-state index contributed by atoms with van der Waals surface area (Å²) in [5.74, 6) is 1.20. The lowest BCUT2D eigenvalue weighted by atomic mass is 10.0. The summed E-state index contributed by atoms with van der Waals surface area (Å²) in [5.41, 5.74) is 0.761. The highest BCUT2D eigenvalue weighted by molar-refractivity contribution is 5.86. The fraction of sp³-hybridized carbons (Fsp3) is 0.471. The van der Waals surface area contributed by atoms with Crippen LogP contribution in [-0.4, -0.2) is 23.1 Å². The predicted molar refractivity (Wildman–Crippen MR) is 164 cm³/mol. The van der Waals surface area contributed by atoms with E-state index in [1.165, 1.54) is 0 Å². The Balaban J connectivity index is 1.49. The van der Waals surface area contributed by atoms with Crippen molar-refractivity contribution in [3.63, 3.8) is 0 Å². The summed E-state index contributed by atoms with van der Waals surface area (Å²) in [6.45, 7) is 5.55. The van der Waals surface area contributed by atoms with Gasteiger partial charge in [-0.1, -0.05) is 19.9 Å². The number of para-hydroxylation sites is 1. The van der Waals surface area contributed by atoms with Crippen LogP contribution in [0.25, 0.3) is 11.1 Å². The summed E-state index contributed by atoms with van der Waals surface area (Å²) < 4.78 is 88.4. The molecule has 46 heavy (non-hydrogen) atoms. The second-order valence-electron chi connectivity index (χ2n) is 12.5. The normalized spacial score (nSPS) is 15.5. The number of nitrogens with zero attached hydrogens (tertiary/aromatic N) is 3. The number of pyridine rings is 1. The van der Waals surface area contributed by atoms with E-state index in [1.807, 2.05) is 13.8 Å². The van der Waals surface area contributed by atoms with Crippen LogP contribution in [0, 0.1) is 11.8 Å². The monoisotopic (exact) mass is 646 g/mol. The maximum absolute atomic E-state index is 13.8. The van der Waals surface area contributed by atoms with Gasteiger partial charge in [-0.25, -0.2) is 9.78 Å². The number of aryl methyl sites for hydroxylation is 2. The van der Waals surface area contributed by atoms with Crippen molar-refractivity contribution >= 4 is 22.6 Å². The summed E-state index contributed by atoms with van der Waals surface area (Å²) in [6.07, 6.45) is -3.97. The van der Waals surface area contributed by atoms with Gasteiger partial charge >= 0.3 is 18.1 Å². The van der Waals surface area contributed by atoms with E-state index in [2.05, 4.69) is 16.0 Å². The number of aromatic amines is 1. The first-order valence-corrected chi connectivity index (χ1v) is 15.7.